The number of hydrogen-bond donors (Lipinski definition) is 0. The molecule has 0 unspecified atom stereocenters. The van der Waals surface area contributed by atoms with Crippen LogP contribution in [-0.2, 0) is 14.9 Å². The highest BCUT2D eigenvalue weighted by Crippen LogP contribution is 2.32. The summed E-state index contributed by atoms with van der Waals surface area (Å²) in [6.07, 6.45) is 3.80. The van der Waals surface area contributed by atoms with Gasteiger partial charge in [0.15, 0.2) is 4.80 Å². The van der Waals surface area contributed by atoms with Crippen molar-refractivity contribution in [3.63, 3.8) is 0 Å². The number of methoxy groups -OCH3 is 1. The Hall–Kier alpha value is -4.82. The lowest BCUT2D eigenvalue weighted by Gasteiger charge is -2.25. The summed E-state index contributed by atoms with van der Waals surface area (Å²) >= 11 is 1.30. The Morgan fingerprint density at radius 3 is 2.23 bits per heavy atom. The molecule has 0 amide bonds. The first-order valence-corrected chi connectivity index (χ1v) is 14.9. The van der Waals surface area contributed by atoms with Crippen LogP contribution in [0.15, 0.2) is 112 Å². The van der Waals surface area contributed by atoms with Gasteiger partial charge in [0.2, 0.25) is 0 Å². The van der Waals surface area contributed by atoms with Gasteiger partial charge >= 0.3 is 5.97 Å². The smallest absolute Gasteiger partial charge is 0.338 e. The van der Waals surface area contributed by atoms with E-state index in [1.54, 1.807) is 11.5 Å². The Bertz CT molecular complexity index is 2030. The van der Waals surface area contributed by atoms with E-state index in [9.17, 15) is 9.59 Å². The minimum atomic E-state index is -0.666. The first-order valence-electron chi connectivity index (χ1n) is 14.1. The highest BCUT2D eigenvalue weighted by molar-refractivity contribution is 7.07. The summed E-state index contributed by atoms with van der Waals surface area (Å²) < 4.78 is 9.11. The number of hydrogen-bond acceptors (Lipinski definition) is 6. The third-order valence-electron chi connectivity index (χ3n) is 7.62. The quantitative estimate of drug-likeness (QED) is 0.252. The van der Waals surface area contributed by atoms with E-state index in [0.717, 1.165) is 33.6 Å². The molecule has 1 aliphatic rings. The Morgan fingerprint density at radius 1 is 0.953 bits per heavy atom. The van der Waals surface area contributed by atoms with Crippen molar-refractivity contribution in [2.24, 2.45) is 4.99 Å². The molecule has 0 saturated carbocycles. The van der Waals surface area contributed by atoms with E-state index in [1.807, 2.05) is 89.8 Å². The third kappa shape index (κ3) is 5.30. The molecule has 0 bridgehead atoms. The van der Waals surface area contributed by atoms with Crippen molar-refractivity contribution in [2.75, 3.05) is 7.11 Å². The van der Waals surface area contributed by atoms with Gasteiger partial charge in [0.05, 0.1) is 40.3 Å². The van der Waals surface area contributed by atoms with Crippen LogP contribution in [-0.4, -0.2) is 27.4 Å². The molecule has 216 valence electrons. The zero-order valence-electron chi connectivity index (χ0n) is 24.7. The zero-order chi connectivity index (χ0) is 30.3. The molecule has 43 heavy (non-hydrogen) atoms. The van der Waals surface area contributed by atoms with Crippen molar-refractivity contribution in [1.29, 1.82) is 0 Å². The van der Waals surface area contributed by atoms with Gasteiger partial charge in [-0.05, 0) is 41.7 Å². The van der Waals surface area contributed by atoms with Gasteiger partial charge < -0.3 is 4.74 Å². The lowest BCUT2D eigenvalue weighted by Crippen LogP contribution is -2.39. The summed E-state index contributed by atoms with van der Waals surface area (Å²) in [6.45, 7) is 8.24. The highest BCUT2D eigenvalue weighted by Gasteiger charge is 2.33. The van der Waals surface area contributed by atoms with Crippen LogP contribution in [0.3, 0.4) is 0 Å². The van der Waals surface area contributed by atoms with Gasteiger partial charge in [0.25, 0.3) is 5.56 Å². The largest absolute Gasteiger partial charge is 0.466 e. The molecule has 0 spiro atoms. The SMILES string of the molecule is COC(=O)C1=C(C)N=c2s/c(=C\c3cn(-c4ccccc4)nc3-c3ccccc3)c(=O)n2[C@H]1c1ccc(C(C)(C)C)cc1. The number of para-hydroxylation sites is 1. The monoisotopic (exact) mass is 588 g/mol. The molecule has 2 aromatic heterocycles. The average molecular weight is 589 g/mol. The van der Waals surface area contributed by atoms with E-state index in [2.05, 4.69) is 32.9 Å². The molecule has 0 aliphatic carbocycles. The number of allylic oxidation sites excluding steroid dienone is 1. The molecule has 8 heteroatoms. The molecule has 5 aromatic rings. The molecule has 7 nitrogen and oxygen atoms in total. The van der Waals surface area contributed by atoms with E-state index >= 15 is 0 Å². The van der Waals surface area contributed by atoms with Crippen LogP contribution in [0, 0.1) is 0 Å². The maximum Gasteiger partial charge on any atom is 0.338 e. The zero-order valence-corrected chi connectivity index (χ0v) is 25.6. The van der Waals surface area contributed by atoms with E-state index in [1.165, 1.54) is 18.4 Å². The average Bonchev–Trinajstić information content (AvgIpc) is 3.57. The van der Waals surface area contributed by atoms with Crippen LogP contribution in [0.5, 0.6) is 0 Å². The van der Waals surface area contributed by atoms with Crippen molar-refractivity contribution < 1.29 is 9.53 Å². The van der Waals surface area contributed by atoms with Crippen molar-refractivity contribution in [3.8, 4) is 16.9 Å². The number of rotatable bonds is 5. The fraction of sp³-hybridized carbons (Fsp3) is 0.200. The van der Waals surface area contributed by atoms with Crippen LogP contribution in [0.25, 0.3) is 23.0 Å². The molecule has 0 fully saturated rings. The second-order valence-electron chi connectivity index (χ2n) is 11.5. The molecule has 1 aliphatic heterocycles. The van der Waals surface area contributed by atoms with Crippen LogP contribution in [0.1, 0.15) is 50.4 Å². The van der Waals surface area contributed by atoms with E-state index in [-0.39, 0.29) is 11.0 Å². The molecule has 0 N–H and O–H groups in total. The highest BCUT2D eigenvalue weighted by atomic mass is 32.1. The van der Waals surface area contributed by atoms with Gasteiger partial charge in [0, 0.05) is 17.3 Å². The maximum atomic E-state index is 14.2. The lowest BCUT2D eigenvalue weighted by atomic mass is 9.85. The molecule has 6 rings (SSSR count). The van der Waals surface area contributed by atoms with Crippen molar-refractivity contribution in [2.45, 2.75) is 39.2 Å². The summed E-state index contributed by atoms with van der Waals surface area (Å²) in [6, 6.07) is 27.2. The normalized spacial score (nSPS) is 15.3. The van der Waals surface area contributed by atoms with Crippen LogP contribution in [0.2, 0.25) is 0 Å². The summed E-state index contributed by atoms with van der Waals surface area (Å²) in [5.74, 6) is -0.504. The van der Waals surface area contributed by atoms with Crippen LogP contribution < -0.4 is 14.9 Å². The predicted octanol–water partition coefficient (Wildman–Crippen LogP) is 5.56. The Balaban J connectivity index is 1.55. The van der Waals surface area contributed by atoms with Gasteiger partial charge in [-0.1, -0.05) is 105 Å². The first kappa shape index (κ1) is 28.3. The van der Waals surface area contributed by atoms with Gasteiger partial charge in [-0.3, -0.25) is 9.36 Å². The van der Waals surface area contributed by atoms with Gasteiger partial charge in [-0.25, -0.2) is 14.5 Å². The molecule has 3 heterocycles. The van der Waals surface area contributed by atoms with Gasteiger partial charge in [-0.2, -0.15) is 5.10 Å². The lowest BCUT2D eigenvalue weighted by molar-refractivity contribution is -0.136. The third-order valence-corrected chi connectivity index (χ3v) is 8.60. The maximum absolute atomic E-state index is 14.2. The van der Waals surface area contributed by atoms with Crippen molar-refractivity contribution in [1.82, 2.24) is 14.3 Å². The van der Waals surface area contributed by atoms with Crippen molar-refractivity contribution >= 4 is 23.4 Å². The number of esters is 1. The van der Waals surface area contributed by atoms with Gasteiger partial charge in [-0.15, -0.1) is 0 Å². The molecule has 3 aromatic carbocycles. The first-order chi connectivity index (χ1) is 20.7. The second-order valence-corrected chi connectivity index (χ2v) is 12.5. The summed E-state index contributed by atoms with van der Waals surface area (Å²) in [7, 11) is 1.35. The minimum Gasteiger partial charge on any atom is -0.466 e. The Morgan fingerprint density at radius 2 is 1.60 bits per heavy atom. The number of ether oxygens (including phenoxy) is 1. The molecular weight excluding hydrogens is 556 g/mol. The fourth-order valence-electron chi connectivity index (χ4n) is 5.34. The number of thiazole rings is 1. The van der Waals surface area contributed by atoms with Gasteiger partial charge in [0.1, 0.15) is 0 Å². The second kappa shape index (κ2) is 11.1. The molecule has 0 saturated heterocycles. The Labute approximate surface area is 253 Å². The fourth-order valence-corrected chi connectivity index (χ4v) is 6.38. The molecule has 0 radical (unpaired) electrons. The summed E-state index contributed by atoms with van der Waals surface area (Å²) in [5.41, 5.74) is 6.02. The molecule has 1 atom stereocenters. The number of aromatic nitrogens is 3. The van der Waals surface area contributed by atoms with E-state index in [0.29, 0.717) is 20.6 Å². The molecular formula is C35H32N4O3S. The number of benzene rings is 3. The summed E-state index contributed by atoms with van der Waals surface area (Å²) in [4.78, 5) is 32.5. The Kier molecular flexibility index (Phi) is 7.31. The van der Waals surface area contributed by atoms with E-state index < -0.39 is 12.0 Å². The topological polar surface area (TPSA) is 78.5 Å². The van der Waals surface area contributed by atoms with Crippen LogP contribution in [0.4, 0.5) is 0 Å². The van der Waals surface area contributed by atoms with Crippen molar-refractivity contribution in [3.05, 3.63) is 139 Å². The predicted molar refractivity (Wildman–Crippen MR) is 170 cm³/mol. The number of nitrogens with zero attached hydrogens (tertiary/aromatic N) is 4. The van der Waals surface area contributed by atoms with E-state index in [4.69, 9.17) is 14.8 Å². The minimum absolute atomic E-state index is 0.0372. The summed E-state index contributed by atoms with van der Waals surface area (Å²) in [5, 5.41) is 4.90. The number of carbonyl (C=O) groups excluding carboxylic acids is 1. The van der Waals surface area contributed by atoms with Crippen LogP contribution >= 0.6 is 11.3 Å². The number of fused-ring (bicyclic) bond motifs is 1. The standard InChI is InChI=1S/C35H32N4O3S/c1-22-29(33(41)42-5)31(24-16-18-26(19-17-24)35(2,3)4)39-32(40)28(43-34(39)36-22)20-25-21-38(27-14-10-7-11-15-27)37-30(25)23-12-8-6-9-13-23/h6-21,31H,1-5H3/b28-20-/t31-/m0/s1. The number of carbonyl (C=O) groups is 1.